The molecular weight excluding hydrogens is 411 g/mol. The van der Waals surface area contributed by atoms with Gasteiger partial charge in [-0.05, 0) is 48.7 Å². The number of nitrogens with one attached hydrogen (secondary N) is 1. The van der Waals surface area contributed by atoms with Gasteiger partial charge in [-0.15, -0.1) is 0 Å². The van der Waals surface area contributed by atoms with Crippen LogP contribution in [0.4, 0.5) is 0 Å². The number of amides is 1. The smallest absolute Gasteiger partial charge is 0.224 e. The molecule has 150 valence electrons. The zero-order chi connectivity index (χ0) is 19.8. The van der Waals surface area contributed by atoms with Crippen molar-refractivity contribution >= 4 is 40.9 Å². The molecule has 0 aliphatic carbocycles. The summed E-state index contributed by atoms with van der Waals surface area (Å²) in [5.41, 5.74) is 2.34. The summed E-state index contributed by atoms with van der Waals surface area (Å²) in [6.07, 6.45) is 2.01. The van der Waals surface area contributed by atoms with Crippen LogP contribution in [0.15, 0.2) is 48.5 Å². The van der Waals surface area contributed by atoms with Crippen molar-refractivity contribution in [3.05, 3.63) is 69.7 Å². The molecule has 1 saturated heterocycles. The molecule has 0 radical (unpaired) electrons. The topological polar surface area (TPSA) is 32.3 Å². The Balaban J connectivity index is 1.37. The van der Waals surface area contributed by atoms with E-state index >= 15 is 0 Å². The highest BCUT2D eigenvalue weighted by atomic mass is 35.5. The van der Waals surface area contributed by atoms with E-state index in [2.05, 4.69) is 22.3 Å². The van der Waals surface area contributed by atoms with Crippen molar-refractivity contribution in [1.29, 1.82) is 0 Å². The van der Waals surface area contributed by atoms with Crippen molar-refractivity contribution in [3.63, 3.8) is 0 Å². The van der Waals surface area contributed by atoms with Crippen LogP contribution in [0.25, 0.3) is 0 Å². The third kappa shape index (κ3) is 6.70. The maximum absolute atomic E-state index is 12.6. The average molecular weight is 437 g/mol. The molecule has 0 bridgehead atoms. The molecule has 1 heterocycles. The maximum atomic E-state index is 12.6. The zero-order valence-corrected chi connectivity index (χ0v) is 18.2. The average Bonchev–Trinajstić information content (AvgIpc) is 2.70. The summed E-state index contributed by atoms with van der Waals surface area (Å²) in [6, 6.07) is 15.9. The first kappa shape index (κ1) is 21.5. The first-order valence-electron chi connectivity index (χ1n) is 9.67. The van der Waals surface area contributed by atoms with Gasteiger partial charge in [0.05, 0.1) is 5.92 Å². The van der Waals surface area contributed by atoms with E-state index in [1.54, 1.807) is 0 Å². The van der Waals surface area contributed by atoms with Gasteiger partial charge in [0.2, 0.25) is 5.91 Å². The molecule has 2 aromatic carbocycles. The van der Waals surface area contributed by atoms with Crippen LogP contribution < -0.4 is 5.32 Å². The zero-order valence-electron chi connectivity index (χ0n) is 15.9. The summed E-state index contributed by atoms with van der Waals surface area (Å²) in [4.78, 5) is 14.9. The first-order valence-corrected chi connectivity index (χ1v) is 11.6. The molecule has 1 atom stereocenters. The molecule has 1 amide bonds. The van der Waals surface area contributed by atoms with Gasteiger partial charge in [0.15, 0.2) is 0 Å². The number of carbonyl (C=O) groups excluding carboxylic acids is 1. The Morgan fingerprint density at radius 3 is 2.86 bits per heavy atom. The third-order valence-corrected chi connectivity index (χ3v) is 6.57. The summed E-state index contributed by atoms with van der Waals surface area (Å²) in [6.45, 7) is 3.32. The molecule has 0 spiro atoms. The van der Waals surface area contributed by atoms with Crippen LogP contribution in [-0.4, -0.2) is 36.2 Å². The molecule has 1 aliphatic rings. The van der Waals surface area contributed by atoms with Crippen molar-refractivity contribution in [2.24, 2.45) is 5.92 Å². The van der Waals surface area contributed by atoms with E-state index in [0.29, 0.717) is 6.54 Å². The van der Waals surface area contributed by atoms with E-state index in [1.807, 2.05) is 48.2 Å². The number of likely N-dealkylation sites (tertiary alicyclic amines) is 1. The molecule has 1 fully saturated rings. The third-order valence-electron chi connectivity index (χ3n) is 4.93. The molecular formula is C22H26Cl2N2OS. The molecule has 2 aromatic rings. The fourth-order valence-electron chi connectivity index (χ4n) is 3.49. The van der Waals surface area contributed by atoms with Crippen LogP contribution in [0.5, 0.6) is 0 Å². The Bertz CT molecular complexity index is 787. The Hall–Kier alpha value is -1.20. The lowest BCUT2D eigenvalue weighted by Crippen LogP contribution is -2.43. The Morgan fingerprint density at radius 2 is 2.04 bits per heavy atom. The van der Waals surface area contributed by atoms with Gasteiger partial charge in [-0.3, -0.25) is 9.69 Å². The first-order chi connectivity index (χ1) is 13.6. The SMILES string of the molecule is O=C(NCCSCc1cccc(Cl)c1)[C@H]1CCCN(Cc2ccccc2Cl)C1. The van der Waals surface area contributed by atoms with Gasteiger partial charge in [-0.1, -0.05) is 53.5 Å². The van der Waals surface area contributed by atoms with Gasteiger partial charge in [0, 0.05) is 41.2 Å². The fraction of sp³-hybridized carbons (Fsp3) is 0.409. The van der Waals surface area contributed by atoms with Gasteiger partial charge < -0.3 is 5.32 Å². The van der Waals surface area contributed by atoms with Gasteiger partial charge in [0.1, 0.15) is 0 Å². The Morgan fingerprint density at radius 1 is 1.18 bits per heavy atom. The predicted octanol–water partition coefficient (Wildman–Crippen LogP) is 5.26. The molecule has 0 saturated carbocycles. The van der Waals surface area contributed by atoms with Crippen molar-refractivity contribution < 1.29 is 4.79 Å². The number of hydrogen-bond acceptors (Lipinski definition) is 3. The monoisotopic (exact) mass is 436 g/mol. The molecule has 3 nitrogen and oxygen atoms in total. The standard InChI is InChI=1S/C22H26Cl2N2OS/c23-20-8-3-5-17(13-20)16-28-12-10-25-22(27)19-7-4-11-26(15-19)14-18-6-1-2-9-21(18)24/h1-3,5-6,8-9,13,19H,4,7,10-12,14-16H2,(H,25,27)/t19-/m0/s1. The number of rotatable bonds is 8. The van der Waals surface area contributed by atoms with E-state index in [-0.39, 0.29) is 11.8 Å². The number of benzene rings is 2. The van der Waals surface area contributed by atoms with Crippen molar-refractivity contribution in [2.45, 2.75) is 25.1 Å². The van der Waals surface area contributed by atoms with Crippen LogP contribution in [0.2, 0.25) is 10.0 Å². The minimum atomic E-state index is 0.0640. The molecule has 6 heteroatoms. The number of piperidine rings is 1. The molecule has 0 unspecified atom stereocenters. The Kier molecular flexibility index (Phi) is 8.53. The van der Waals surface area contributed by atoms with Gasteiger partial charge in [-0.2, -0.15) is 11.8 Å². The lowest BCUT2D eigenvalue weighted by molar-refractivity contribution is -0.126. The summed E-state index contributed by atoms with van der Waals surface area (Å²) < 4.78 is 0. The molecule has 3 rings (SSSR count). The van der Waals surface area contributed by atoms with E-state index in [1.165, 1.54) is 5.56 Å². The molecule has 0 aromatic heterocycles. The van der Waals surface area contributed by atoms with Gasteiger partial charge >= 0.3 is 0 Å². The normalized spacial score (nSPS) is 17.4. The highest BCUT2D eigenvalue weighted by Gasteiger charge is 2.25. The van der Waals surface area contributed by atoms with Crippen molar-refractivity contribution in [3.8, 4) is 0 Å². The number of nitrogens with zero attached hydrogens (tertiary/aromatic N) is 1. The van der Waals surface area contributed by atoms with E-state index in [4.69, 9.17) is 23.2 Å². The van der Waals surface area contributed by atoms with Crippen molar-refractivity contribution in [2.75, 3.05) is 25.4 Å². The largest absolute Gasteiger partial charge is 0.355 e. The highest BCUT2D eigenvalue weighted by molar-refractivity contribution is 7.98. The lowest BCUT2D eigenvalue weighted by atomic mass is 9.96. The van der Waals surface area contributed by atoms with Crippen LogP contribution in [0, 0.1) is 5.92 Å². The molecule has 1 N–H and O–H groups in total. The highest BCUT2D eigenvalue weighted by Crippen LogP contribution is 2.22. The second-order valence-corrected chi connectivity index (χ2v) is 9.09. The number of carbonyl (C=O) groups is 1. The summed E-state index contributed by atoms with van der Waals surface area (Å²) in [5.74, 6) is 2.04. The lowest BCUT2D eigenvalue weighted by Gasteiger charge is -2.32. The summed E-state index contributed by atoms with van der Waals surface area (Å²) >= 11 is 14.1. The quantitative estimate of drug-likeness (QED) is 0.573. The summed E-state index contributed by atoms with van der Waals surface area (Å²) in [5, 5.41) is 4.67. The molecule has 28 heavy (non-hydrogen) atoms. The number of halogens is 2. The van der Waals surface area contributed by atoms with Crippen molar-refractivity contribution in [1.82, 2.24) is 10.2 Å². The van der Waals surface area contributed by atoms with Gasteiger partial charge in [0.25, 0.3) is 0 Å². The van der Waals surface area contributed by atoms with Crippen LogP contribution in [0.1, 0.15) is 24.0 Å². The van der Waals surface area contributed by atoms with E-state index in [0.717, 1.165) is 59.6 Å². The van der Waals surface area contributed by atoms with Crippen LogP contribution in [-0.2, 0) is 17.1 Å². The van der Waals surface area contributed by atoms with Crippen LogP contribution in [0.3, 0.4) is 0 Å². The maximum Gasteiger partial charge on any atom is 0.224 e. The molecule has 1 aliphatic heterocycles. The fourth-order valence-corrected chi connectivity index (χ4v) is 4.70. The van der Waals surface area contributed by atoms with E-state index in [9.17, 15) is 4.79 Å². The minimum Gasteiger partial charge on any atom is -0.355 e. The Labute approximate surface area is 181 Å². The second kappa shape index (κ2) is 11.1. The summed E-state index contributed by atoms with van der Waals surface area (Å²) in [7, 11) is 0. The van der Waals surface area contributed by atoms with Gasteiger partial charge in [-0.25, -0.2) is 0 Å². The van der Waals surface area contributed by atoms with Crippen LogP contribution >= 0.6 is 35.0 Å². The number of hydrogen-bond donors (Lipinski definition) is 1. The number of thioether (sulfide) groups is 1. The predicted molar refractivity (Wildman–Crippen MR) is 120 cm³/mol. The second-order valence-electron chi connectivity index (χ2n) is 7.14. The minimum absolute atomic E-state index is 0.0640. The van der Waals surface area contributed by atoms with E-state index < -0.39 is 0 Å².